The number of nitrogens with zero attached hydrogens (tertiary/aromatic N) is 3. The number of aromatic nitrogens is 3. The second-order valence-corrected chi connectivity index (χ2v) is 6.70. The second-order valence-electron chi connectivity index (χ2n) is 6.70. The van der Waals surface area contributed by atoms with Gasteiger partial charge in [0, 0.05) is 30.9 Å². The average molecular weight is 464 g/mol. The number of anilines is 1. The van der Waals surface area contributed by atoms with Crippen molar-refractivity contribution in [3.05, 3.63) is 89.9 Å². The van der Waals surface area contributed by atoms with E-state index in [1.54, 1.807) is 12.4 Å². The quantitative estimate of drug-likeness (QED) is 0.275. The van der Waals surface area contributed by atoms with Crippen LogP contribution in [0.5, 0.6) is 5.88 Å². The van der Waals surface area contributed by atoms with E-state index < -0.39 is 12.3 Å². The van der Waals surface area contributed by atoms with Gasteiger partial charge in [0.2, 0.25) is 5.88 Å². The molecular formula is C23H20N4O7. The van der Waals surface area contributed by atoms with Gasteiger partial charge < -0.3 is 29.9 Å². The number of hydrogen-bond acceptors (Lipinski definition) is 9. The molecule has 0 saturated carbocycles. The lowest BCUT2D eigenvalue weighted by Gasteiger charge is -2.05. The number of pyridine rings is 2. The minimum absolute atomic E-state index is 0.428. The molecule has 4 N–H and O–H groups in total. The highest BCUT2D eigenvalue weighted by Gasteiger charge is 2.10. The van der Waals surface area contributed by atoms with Crippen LogP contribution in [-0.2, 0) is 17.8 Å². The number of carboxylic acid groups (broad SMARTS) is 2. The number of benzene rings is 1. The Bertz CT molecular complexity index is 1220. The van der Waals surface area contributed by atoms with E-state index in [4.69, 9.17) is 25.2 Å². The summed E-state index contributed by atoms with van der Waals surface area (Å²) in [7, 11) is 0. The number of hydrogen-bond donors (Lipinski definition) is 3. The van der Waals surface area contributed by atoms with Gasteiger partial charge in [-0.2, -0.15) is 0 Å². The highest BCUT2D eigenvalue weighted by atomic mass is 16.7. The van der Waals surface area contributed by atoms with Gasteiger partial charge >= 0.3 is 12.3 Å². The minimum Gasteiger partial charge on any atom is -0.473 e. The van der Waals surface area contributed by atoms with Gasteiger partial charge in [0.1, 0.15) is 12.4 Å². The van der Waals surface area contributed by atoms with Crippen LogP contribution in [0.15, 0.2) is 77.6 Å². The van der Waals surface area contributed by atoms with Crippen LogP contribution in [0.3, 0.4) is 0 Å². The zero-order valence-corrected chi connectivity index (χ0v) is 17.7. The predicted octanol–water partition coefficient (Wildman–Crippen LogP) is 4.24. The normalized spacial score (nSPS) is 10.0. The molecule has 0 saturated heterocycles. The van der Waals surface area contributed by atoms with Crippen LogP contribution in [0.1, 0.15) is 16.8 Å². The molecule has 0 radical (unpaired) electrons. The number of nitrogen functional groups attached to an aromatic ring is 1. The molecule has 11 nitrogen and oxygen atoms in total. The topological polar surface area (TPSA) is 171 Å². The number of carbonyl (C=O) groups is 2. The Kier molecular flexibility index (Phi) is 8.11. The number of rotatable bonds is 6. The van der Waals surface area contributed by atoms with Gasteiger partial charge in [-0.05, 0) is 29.3 Å². The van der Waals surface area contributed by atoms with Gasteiger partial charge in [-0.3, -0.25) is 0 Å². The van der Waals surface area contributed by atoms with E-state index in [2.05, 4.69) is 32.0 Å². The smallest absolute Gasteiger partial charge is 0.473 e. The van der Waals surface area contributed by atoms with Crippen molar-refractivity contribution < 1.29 is 33.8 Å². The maximum Gasteiger partial charge on any atom is 0.516 e. The average Bonchev–Trinajstić information content (AvgIpc) is 3.27. The molecule has 1 aromatic carbocycles. The van der Waals surface area contributed by atoms with Crippen molar-refractivity contribution in [3.63, 3.8) is 0 Å². The largest absolute Gasteiger partial charge is 0.516 e. The molecule has 4 aromatic rings. The number of nitrogens with two attached hydrogens (primary N) is 1. The van der Waals surface area contributed by atoms with Gasteiger partial charge in [-0.15, -0.1) is 0 Å². The van der Waals surface area contributed by atoms with Crippen LogP contribution in [0.25, 0.3) is 11.3 Å². The summed E-state index contributed by atoms with van der Waals surface area (Å²) in [5.74, 6) is 1.67. The lowest BCUT2D eigenvalue weighted by Crippen LogP contribution is -2.05. The zero-order chi connectivity index (χ0) is 24.3. The summed E-state index contributed by atoms with van der Waals surface area (Å²) in [6, 6.07) is 19.4. The van der Waals surface area contributed by atoms with Gasteiger partial charge in [0.05, 0.1) is 11.3 Å². The predicted molar refractivity (Wildman–Crippen MR) is 119 cm³/mol. The Morgan fingerprint density at radius 2 is 1.62 bits per heavy atom. The Balaban J connectivity index is 0.000000406. The Labute approximate surface area is 193 Å². The van der Waals surface area contributed by atoms with Gasteiger partial charge in [0.25, 0.3) is 0 Å². The fraction of sp³-hybridized carbons (Fsp3) is 0.0870. The van der Waals surface area contributed by atoms with E-state index in [9.17, 15) is 9.59 Å². The fourth-order valence-electron chi connectivity index (χ4n) is 2.77. The van der Waals surface area contributed by atoms with E-state index in [0.29, 0.717) is 30.5 Å². The number of ether oxygens (including phenoxy) is 2. The standard InChI is InChI=1S/C21H18N4O2.C2H2O5/c22-21-18(4-3-11-24-21)19-13-17(25-27-19)12-15-6-8-16(9-7-15)14-26-20-5-1-2-10-23-20;3-1(4)7-2(5)6/h1-11,13H,12,14H2,(H2,22,24);(H,3,4)(H,5,6). The third-order valence-corrected chi connectivity index (χ3v) is 4.27. The van der Waals surface area contributed by atoms with Crippen molar-refractivity contribution >= 4 is 18.1 Å². The third-order valence-electron chi connectivity index (χ3n) is 4.27. The fourth-order valence-corrected chi connectivity index (χ4v) is 2.77. The summed E-state index contributed by atoms with van der Waals surface area (Å²) in [5, 5.41) is 19.1. The van der Waals surface area contributed by atoms with Gasteiger partial charge in [-0.25, -0.2) is 19.6 Å². The van der Waals surface area contributed by atoms with Crippen molar-refractivity contribution in [1.82, 2.24) is 15.1 Å². The molecule has 0 unspecified atom stereocenters. The Morgan fingerprint density at radius 1 is 0.912 bits per heavy atom. The summed E-state index contributed by atoms with van der Waals surface area (Å²) < 4.78 is 14.2. The minimum atomic E-state index is -1.81. The molecule has 0 aliphatic heterocycles. The van der Waals surface area contributed by atoms with E-state index in [1.165, 1.54) is 0 Å². The third kappa shape index (κ3) is 7.34. The molecule has 0 atom stereocenters. The SMILES string of the molecule is Nc1ncccc1-c1cc(Cc2ccc(COc3ccccn3)cc2)no1.O=C(O)OC(=O)O. The molecule has 3 heterocycles. The van der Waals surface area contributed by atoms with Crippen molar-refractivity contribution in [2.45, 2.75) is 13.0 Å². The first-order chi connectivity index (χ1) is 16.4. The molecule has 0 aliphatic rings. The van der Waals surface area contributed by atoms with Crippen LogP contribution in [0.2, 0.25) is 0 Å². The second kappa shape index (κ2) is 11.6. The lowest BCUT2D eigenvalue weighted by atomic mass is 10.1. The van der Waals surface area contributed by atoms with Gasteiger partial charge in [0.15, 0.2) is 5.76 Å². The van der Waals surface area contributed by atoms with Crippen LogP contribution in [0.4, 0.5) is 15.4 Å². The van der Waals surface area contributed by atoms with Crippen molar-refractivity contribution in [3.8, 4) is 17.2 Å². The molecule has 0 spiro atoms. The first kappa shape index (κ1) is 23.7. The highest BCUT2D eigenvalue weighted by Crippen LogP contribution is 2.25. The van der Waals surface area contributed by atoms with E-state index in [0.717, 1.165) is 22.4 Å². The molecule has 0 aliphatic carbocycles. The van der Waals surface area contributed by atoms with E-state index >= 15 is 0 Å². The van der Waals surface area contributed by atoms with Crippen LogP contribution in [0, 0.1) is 0 Å². The zero-order valence-electron chi connectivity index (χ0n) is 17.7. The molecule has 3 aromatic heterocycles. The van der Waals surface area contributed by atoms with E-state index in [1.807, 2.05) is 48.5 Å². The monoisotopic (exact) mass is 464 g/mol. The molecule has 174 valence electrons. The van der Waals surface area contributed by atoms with Crippen molar-refractivity contribution in [2.75, 3.05) is 5.73 Å². The summed E-state index contributed by atoms with van der Waals surface area (Å²) in [5.41, 5.74) is 9.69. The molecule has 34 heavy (non-hydrogen) atoms. The summed E-state index contributed by atoms with van der Waals surface area (Å²) in [6.07, 6.45) is 0.407. The summed E-state index contributed by atoms with van der Waals surface area (Å²) in [4.78, 5) is 26.6. The summed E-state index contributed by atoms with van der Waals surface area (Å²) >= 11 is 0. The van der Waals surface area contributed by atoms with Crippen LogP contribution >= 0.6 is 0 Å². The maximum atomic E-state index is 9.21. The molecule has 0 fully saturated rings. The molecule has 11 heteroatoms. The molecule has 0 amide bonds. The first-order valence-corrected chi connectivity index (χ1v) is 9.82. The Hall–Kier alpha value is -4.93. The molecular weight excluding hydrogens is 444 g/mol. The van der Waals surface area contributed by atoms with Crippen LogP contribution in [-0.4, -0.2) is 37.6 Å². The first-order valence-electron chi connectivity index (χ1n) is 9.82. The lowest BCUT2D eigenvalue weighted by molar-refractivity contribution is 0.0802. The van der Waals surface area contributed by atoms with Crippen LogP contribution < -0.4 is 10.5 Å². The Morgan fingerprint density at radius 3 is 2.24 bits per heavy atom. The summed E-state index contributed by atoms with van der Waals surface area (Å²) in [6.45, 7) is 0.478. The molecule has 4 rings (SSSR count). The maximum absolute atomic E-state index is 9.21. The van der Waals surface area contributed by atoms with Crippen molar-refractivity contribution in [2.24, 2.45) is 0 Å². The van der Waals surface area contributed by atoms with Gasteiger partial charge in [-0.1, -0.05) is 35.5 Å². The molecule has 0 bridgehead atoms. The van der Waals surface area contributed by atoms with Crippen molar-refractivity contribution in [1.29, 1.82) is 0 Å². The highest BCUT2D eigenvalue weighted by molar-refractivity contribution is 5.74. The van der Waals surface area contributed by atoms with E-state index in [-0.39, 0.29) is 0 Å².